The Kier molecular flexibility index (Phi) is 9.45. The Morgan fingerprint density at radius 3 is 2.51 bits per heavy atom. The van der Waals surface area contributed by atoms with Crippen molar-refractivity contribution in [2.45, 2.75) is 32.5 Å². The summed E-state index contributed by atoms with van der Waals surface area (Å²) in [5, 5.41) is 10.8. The van der Waals surface area contributed by atoms with Gasteiger partial charge in [-0.05, 0) is 60.4 Å². The molecule has 0 amide bonds. The second-order valence-electron chi connectivity index (χ2n) is 9.82. The molecule has 3 aromatic carbocycles. The molecule has 234 valence electrons. The highest BCUT2D eigenvalue weighted by atomic mass is 35.5. The summed E-state index contributed by atoms with van der Waals surface area (Å²) >= 11 is 7.70. The van der Waals surface area contributed by atoms with Crippen LogP contribution in [0.25, 0.3) is 31.8 Å². The number of phenolic OH excluding ortho intramolecular Hbond substituents is 1. The minimum Gasteiger partial charge on any atom is -0.506 e. The average molecular weight is 661 g/mol. The molecular formula is C32H25ClF4N2O5S. The number of phenols is 1. The van der Waals surface area contributed by atoms with Crippen LogP contribution < -0.4 is 9.47 Å². The van der Waals surface area contributed by atoms with Gasteiger partial charge in [-0.3, -0.25) is 0 Å². The topological polar surface area (TPSA) is 90.8 Å². The van der Waals surface area contributed by atoms with Crippen LogP contribution in [0, 0.1) is 12.7 Å². The molecule has 2 aromatic heterocycles. The molecule has 5 rings (SSSR count). The summed E-state index contributed by atoms with van der Waals surface area (Å²) in [5.41, 5.74) is 2.63. The fourth-order valence-electron chi connectivity index (χ4n) is 4.71. The molecule has 13 heteroatoms. The highest BCUT2D eigenvalue weighted by Crippen LogP contribution is 2.49. The van der Waals surface area contributed by atoms with Gasteiger partial charge in [-0.1, -0.05) is 48.0 Å². The number of carbonyl (C=O) groups excluding carboxylic acids is 1. The van der Waals surface area contributed by atoms with Crippen molar-refractivity contribution < 1.29 is 41.7 Å². The van der Waals surface area contributed by atoms with Crippen molar-refractivity contribution in [3.05, 3.63) is 89.0 Å². The number of esters is 1. The molecule has 0 aliphatic carbocycles. The van der Waals surface area contributed by atoms with Crippen molar-refractivity contribution in [2.75, 3.05) is 13.2 Å². The van der Waals surface area contributed by atoms with Gasteiger partial charge in [0.15, 0.2) is 6.61 Å². The van der Waals surface area contributed by atoms with Gasteiger partial charge in [-0.15, -0.1) is 11.3 Å². The zero-order valence-electron chi connectivity index (χ0n) is 23.8. The summed E-state index contributed by atoms with van der Waals surface area (Å²) in [6, 6.07) is 15.0. The summed E-state index contributed by atoms with van der Waals surface area (Å²) in [6.07, 6.45) is -4.85. The largest absolute Gasteiger partial charge is 0.506 e. The van der Waals surface area contributed by atoms with Crippen LogP contribution in [0.5, 0.6) is 17.4 Å². The number of alkyl halides is 3. The van der Waals surface area contributed by atoms with Crippen LogP contribution in [0.15, 0.2) is 67.0 Å². The third kappa shape index (κ3) is 7.12. The van der Waals surface area contributed by atoms with Gasteiger partial charge in [0.2, 0.25) is 12.0 Å². The quantitative estimate of drug-likeness (QED) is 0.119. The number of nitrogens with zero attached hydrogens (tertiary/aromatic N) is 2. The van der Waals surface area contributed by atoms with E-state index >= 15 is 0 Å². The van der Waals surface area contributed by atoms with E-state index < -0.39 is 30.7 Å². The molecule has 0 saturated heterocycles. The smallest absolute Gasteiger partial charge is 0.422 e. The molecule has 7 nitrogen and oxygen atoms in total. The van der Waals surface area contributed by atoms with E-state index in [1.54, 1.807) is 38.1 Å². The first-order valence-corrected chi connectivity index (χ1v) is 14.8. The molecule has 2 heterocycles. The van der Waals surface area contributed by atoms with Gasteiger partial charge in [0.1, 0.15) is 28.5 Å². The standard InChI is InChI=1S/C32H25ClF4N2O5S/c1-3-42-31(41)24(14-19-6-4-5-7-23(19)43-15-32(35,36)37)44-29-26-25(21-12-13-22(40)27(33)17(21)2)28(45-30(26)39-16-38-29)18-8-10-20(34)11-9-18/h4-13,16,24,40H,3,14-15H2,1-2H3/t24-/m1/s1. The molecule has 0 bridgehead atoms. The molecule has 45 heavy (non-hydrogen) atoms. The fourth-order valence-corrected chi connectivity index (χ4v) is 6.03. The van der Waals surface area contributed by atoms with Gasteiger partial charge in [-0.25, -0.2) is 19.2 Å². The molecule has 5 aromatic rings. The third-order valence-corrected chi connectivity index (χ3v) is 8.39. The first kappa shape index (κ1) is 32.0. The number of thiophene rings is 1. The SMILES string of the molecule is CCOC(=O)[C@@H](Cc1ccccc1OCC(F)(F)F)Oc1ncnc2sc(-c3ccc(F)cc3)c(-c3ccc(O)c(Cl)c3C)c12. The Balaban J connectivity index is 1.65. The van der Waals surface area contributed by atoms with E-state index in [2.05, 4.69) is 9.97 Å². The van der Waals surface area contributed by atoms with E-state index in [-0.39, 0.29) is 41.0 Å². The van der Waals surface area contributed by atoms with Gasteiger partial charge in [-0.2, -0.15) is 13.2 Å². The number of fused-ring (bicyclic) bond motifs is 1. The lowest BCUT2D eigenvalue weighted by Gasteiger charge is -2.20. The number of ether oxygens (including phenoxy) is 3. The lowest BCUT2D eigenvalue weighted by atomic mass is 9.96. The molecule has 0 unspecified atom stereocenters. The molecular weight excluding hydrogens is 636 g/mol. The molecule has 0 spiro atoms. The fraction of sp³-hybridized carbons (Fsp3) is 0.219. The Hall–Kier alpha value is -4.42. The maximum Gasteiger partial charge on any atom is 0.422 e. The van der Waals surface area contributed by atoms with Gasteiger partial charge in [0.25, 0.3) is 0 Å². The van der Waals surface area contributed by atoms with Crippen LogP contribution in [0.2, 0.25) is 5.02 Å². The number of hydrogen-bond donors (Lipinski definition) is 1. The summed E-state index contributed by atoms with van der Waals surface area (Å²) in [7, 11) is 0. The molecule has 1 atom stereocenters. The van der Waals surface area contributed by atoms with Crippen LogP contribution in [0.3, 0.4) is 0 Å². The summed E-state index contributed by atoms with van der Waals surface area (Å²) in [5.74, 6) is -1.39. The zero-order valence-corrected chi connectivity index (χ0v) is 25.4. The summed E-state index contributed by atoms with van der Waals surface area (Å²) in [6.45, 7) is 1.84. The van der Waals surface area contributed by atoms with Crippen molar-refractivity contribution >= 4 is 39.1 Å². The number of benzene rings is 3. The molecule has 0 saturated carbocycles. The van der Waals surface area contributed by atoms with Crippen LogP contribution >= 0.6 is 22.9 Å². The number of halogens is 5. The molecule has 0 fully saturated rings. The highest BCUT2D eigenvalue weighted by Gasteiger charge is 2.31. The number of carbonyl (C=O) groups is 1. The van der Waals surface area contributed by atoms with Gasteiger partial charge in [0.05, 0.1) is 17.0 Å². The summed E-state index contributed by atoms with van der Waals surface area (Å²) < 4.78 is 69.1. The number of aromatic hydroxyl groups is 1. The van der Waals surface area contributed by atoms with E-state index in [1.807, 2.05) is 0 Å². The summed E-state index contributed by atoms with van der Waals surface area (Å²) in [4.78, 5) is 23.1. The molecule has 0 radical (unpaired) electrons. The normalized spacial score (nSPS) is 12.2. The monoisotopic (exact) mass is 660 g/mol. The van der Waals surface area contributed by atoms with Crippen molar-refractivity contribution in [3.8, 4) is 38.9 Å². The van der Waals surface area contributed by atoms with Crippen molar-refractivity contribution in [2.24, 2.45) is 0 Å². The third-order valence-electron chi connectivity index (χ3n) is 6.77. The molecule has 0 aliphatic rings. The Bertz CT molecular complexity index is 1850. The van der Waals surface area contributed by atoms with Gasteiger partial charge in [0, 0.05) is 16.9 Å². The Morgan fingerprint density at radius 1 is 1.07 bits per heavy atom. The van der Waals surface area contributed by atoms with Crippen molar-refractivity contribution in [1.29, 1.82) is 0 Å². The first-order valence-electron chi connectivity index (χ1n) is 13.6. The van der Waals surface area contributed by atoms with Crippen LogP contribution in [0.4, 0.5) is 17.6 Å². The highest BCUT2D eigenvalue weighted by molar-refractivity contribution is 7.22. The van der Waals surface area contributed by atoms with E-state index in [9.17, 15) is 27.5 Å². The predicted octanol–water partition coefficient (Wildman–Crippen LogP) is 8.33. The van der Waals surface area contributed by atoms with Crippen LogP contribution in [-0.2, 0) is 16.0 Å². The van der Waals surface area contributed by atoms with Crippen molar-refractivity contribution in [3.63, 3.8) is 0 Å². The van der Waals surface area contributed by atoms with Crippen LogP contribution in [-0.4, -0.2) is 46.5 Å². The minimum absolute atomic E-state index is 0.00467. The Morgan fingerprint density at radius 2 is 1.80 bits per heavy atom. The number of aromatic nitrogens is 2. The number of rotatable bonds is 10. The van der Waals surface area contributed by atoms with E-state index in [4.69, 9.17) is 25.8 Å². The number of hydrogen-bond acceptors (Lipinski definition) is 8. The maximum absolute atomic E-state index is 13.9. The average Bonchev–Trinajstić information content (AvgIpc) is 3.39. The van der Waals surface area contributed by atoms with Gasteiger partial charge >= 0.3 is 12.1 Å². The first-order chi connectivity index (χ1) is 21.5. The lowest BCUT2D eigenvalue weighted by Crippen LogP contribution is -2.32. The maximum atomic E-state index is 13.9. The second kappa shape index (κ2) is 13.3. The predicted molar refractivity (Wildman–Crippen MR) is 162 cm³/mol. The lowest BCUT2D eigenvalue weighted by molar-refractivity contribution is -0.154. The Labute approximate surface area is 264 Å². The number of para-hydroxylation sites is 1. The van der Waals surface area contributed by atoms with E-state index in [1.165, 1.54) is 54.1 Å². The van der Waals surface area contributed by atoms with E-state index in [0.717, 1.165) is 0 Å². The second-order valence-corrected chi connectivity index (χ2v) is 11.2. The van der Waals surface area contributed by atoms with Crippen LogP contribution in [0.1, 0.15) is 18.1 Å². The van der Waals surface area contributed by atoms with E-state index in [0.29, 0.717) is 37.3 Å². The molecule has 0 aliphatic heterocycles. The minimum atomic E-state index is -4.57. The molecule has 1 N–H and O–H groups in total. The zero-order chi connectivity index (χ0) is 32.3. The van der Waals surface area contributed by atoms with Gasteiger partial charge < -0.3 is 19.3 Å². The van der Waals surface area contributed by atoms with Crippen molar-refractivity contribution in [1.82, 2.24) is 9.97 Å².